The van der Waals surface area contributed by atoms with E-state index in [1.165, 1.54) is 11.3 Å². The molecule has 3 rings (SSSR count). The molecule has 0 spiro atoms. The fraction of sp³-hybridized carbons (Fsp3) is 0.125. The van der Waals surface area contributed by atoms with Crippen molar-refractivity contribution in [3.8, 4) is 0 Å². The average Bonchev–Trinajstić information content (AvgIpc) is 2.72. The SMILES string of the molecule is CC1C=CC(C=O)=C(c2cccc3[nH]c(=O)sc23)C=C1. The molecule has 1 aromatic carbocycles. The van der Waals surface area contributed by atoms with Crippen LogP contribution in [0.5, 0.6) is 0 Å². The van der Waals surface area contributed by atoms with Gasteiger partial charge in [0.2, 0.25) is 0 Å². The maximum Gasteiger partial charge on any atom is 0.305 e. The zero-order valence-electron chi connectivity index (χ0n) is 10.9. The fourth-order valence-corrected chi connectivity index (χ4v) is 3.15. The third kappa shape index (κ3) is 2.18. The molecule has 0 fully saturated rings. The third-order valence-corrected chi connectivity index (χ3v) is 4.25. The van der Waals surface area contributed by atoms with E-state index in [0.29, 0.717) is 5.57 Å². The molecule has 4 heteroatoms. The van der Waals surface area contributed by atoms with Gasteiger partial charge in [0.1, 0.15) is 0 Å². The Balaban J connectivity index is 2.30. The maximum absolute atomic E-state index is 11.5. The van der Waals surface area contributed by atoms with Crippen molar-refractivity contribution in [3.05, 3.63) is 63.3 Å². The van der Waals surface area contributed by atoms with Gasteiger partial charge in [0.15, 0.2) is 6.29 Å². The molecule has 2 aromatic rings. The van der Waals surface area contributed by atoms with Crippen molar-refractivity contribution in [2.24, 2.45) is 5.92 Å². The number of aromatic amines is 1. The summed E-state index contributed by atoms with van der Waals surface area (Å²) in [6.45, 7) is 2.06. The van der Waals surface area contributed by atoms with Crippen LogP contribution in [0.4, 0.5) is 0 Å². The molecule has 0 bridgehead atoms. The van der Waals surface area contributed by atoms with Gasteiger partial charge in [-0.15, -0.1) is 0 Å². The van der Waals surface area contributed by atoms with Gasteiger partial charge in [0, 0.05) is 11.1 Å². The number of aromatic nitrogens is 1. The lowest BCUT2D eigenvalue weighted by Gasteiger charge is -2.05. The summed E-state index contributed by atoms with van der Waals surface area (Å²) in [6.07, 6.45) is 8.72. The number of aldehydes is 1. The fourth-order valence-electron chi connectivity index (χ4n) is 2.29. The lowest BCUT2D eigenvalue weighted by Crippen LogP contribution is -1.89. The first-order chi connectivity index (χ1) is 9.69. The van der Waals surface area contributed by atoms with Gasteiger partial charge in [-0.05, 0) is 17.6 Å². The van der Waals surface area contributed by atoms with E-state index in [9.17, 15) is 9.59 Å². The van der Waals surface area contributed by atoms with Gasteiger partial charge >= 0.3 is 4.87 Å². The normalized spacial score (nSPS) is 18.6. The first kappa shape index (κ1) is 12.8. The van der Waals surface area contributed by atoms with E-state index in [0.717, 1.165) is 27.6 Å². The maximum atomic E-state index is 11.5. The van der Waals surface area contributed by atoms with E-state index in [2.05, 4.69) is 18.0 Å². The summed E-state index contributed by atoms with van der Waals surface area (Å²) < 4.78 is 0.888. The molecule has 20 heavy (non-hydrogen) atoms. The van der Waals surface area contributed by atoms with E-state index >= 15 is 0 Å². The number of allylic oxidation sites excluding steroid dienone is 6. The van der Waals surface area contributed by atoms with E-state index < -0.39 is 0 Å². The van der Waals surface area contributed by atoms with Crippen molar-refractivity contribution in [1.29, 1.82) is 0 Å². The van der Waals surface area contributed by atoms with Gasteiger partial charge in [-0.3, -0.25) is 9.59 Å². The molecule has 0 radical (unpaired) electrons. The van der Waals surface area contributed by atoms with Gasteiger partial charge in [-0.25, -0.2) is 0 Å². The van der Waals surface area contributed by atoms with Crippen LogP contribution in [0, 0.1) is 5.92 Å². The average molecular weight is 283 g/mol. The predicted molar refractivity (Wildman–Crippen MR) is 82.9 cm³/mol. The molecular weight excluding hydrogens is 270 g/mol. The van der Waals surface area contributed by atoms with Gasteiger partial charge in [-0.2, -0.15) is 0 Å². The first-order valence-corrected chi connectivity index (χ1v) is 7.19. The van der Waals surface area contributed by atoms with Crippen molar-refractivity contribution < 1.29 is 4.79 Å². The number of rotatable bonds is 2. The van der Waals surface area contributed by atoms with Crippen LogP contribution >= 0.6 is 11.3 Å². The standard InChI is InChI=1S/C16H13NO2S/c1-10-5-7-11(9-18)12(8-6-10)13-3-2-4-14-15(13)20-16(19)17-14/h2-10H,1H3,(H,17,19). The van der Waals surface area contributed by atoms with Crippen LogP contribution in [0.2, 0.25) is 0 Å². The lowest BCUT2D eigenvalue weighted by atomic mass is 10.00. The number of H-pyrrole nitrogens is 1. The highest BCUT2D eigenvalue weighted by atomic mass is 32.1. The molecular formula is C16H13NO2S. The second-order valence-electron chi connectivity index (χ2n) is 4.76. The van der Waals surface area contributed by atoms with Gasteiger partial charge in [0.25, 0.3) is 0 Å². The molecule has 1 aliphatic rings. The molecule has 1 atom stereocenters. The van der Waals surface area contributed by atoms with Gasteiger partial charge in [-0.1, -0.05) is 54.7 Å². The molecule has 0 saturated carbocycles. The van der Waals surface area contributed by atoms with Crippen LogP contribution in [0.1, 0.15) is 12.5 Å². The Kier molecular flexibility index (Phi) is 3.24. The Morgan fingerprint density at radius 1 is 1.25 bits per heavy atom. The molecule has 1 N–H and O–H groups in total. The molecule has 1 aliphatic carbocycles. The Morgan fingerprint density at radius 3 is 2.85 bits per heavy atom. The van der Waals surface area contributed by atoms with Gasteiger partial charge in [0.05, 0.1) is 10.2 Å². The highest BCUT2D eigenvalue weighted by Gasteiger charge is 2.12. The number of carbonyl (C=O) groups is 1. The van der Waals surface area contributed by atoms with Crippen LogP contribution in [0.15, 0.2) is 52.9 Å². The summed E-state index contributed by atoms with van der Waals surface area (Å²) in [4.78, 5) is 25.6. The minimum atomic E-state index is -0.0813. The Bertz CT molecular complexity index is 820. The summed E-state index contributed by atoms with van der Waals surface area (Å²) in [5.41, 5.74) is 3.23. The molecule has 1 aromatic heterocycles. The predicted octanol–water partition coefficient (Wildman–Crippen LogP) is 3.30. The number of hydrogen-bond donors (Lipinski definition) is 1. The zero-order chi connectivity index (χ0) is 14.1. The summed E-state index contributed by atoms with van der Waals surface area (Å²) >= 11 is 1.17. The van der Waals surface area contributed by atoms with E-state index in [1.54, 1.807) is 0 Å². The molecule has 0 aliphatic heterocycles. The van der Waals surface area contributed by atoms with Gasteiger partial charge < -0.3 is 4.98 Å². The third-order valence-electron chi connectivity index (χ3n) is 3.32. The Labute approximate surface area is 120 Å². The highest BCUT2D eigenvalue weighted by molar-refractivity contribution is 7.16. The van der Waals surface area contributed by atoms with Crippen LogP contribution in [0.3, 0.4) is 0 Å². The molecule has 0 amide bonds. The summed E-state index contributed by atoms with van der Waals surface area (Å²) in [6, 6.07) is 5.71. The lowest BCUT2D eigenvalue weighted by molar-refractivity contribution is -0.104. The van der Waals surface area contributed by atoms with E-state index in [4.69, 9.17) is 0 Å². The smallest absolute Gasteiger partial charge is 0.305 e. The Morgan fingerprint density at radius 2 is 2.05 bits per heavy atom. The topological polar surface area (TPSA) is 49.9 Å². The van der Waals surface area contributed by atoms with Crippen LogP contribution in [-0.4, -0.2) is 11.3 Å². The molecule has 0 saturated heterocycles. The van der Waals surface area contributed by atoms with Crippen LogP contribution in [0.25, 0.3) is 15.8 Å². The first-order valence-electron chi connectivity index (χ1n) is 6.37. The summed E-state index contributed by atoms with van der Waals surface area (Å²) in [5, 5.41) is 0. The van der Waals surface area contributed by atoms with Crippen molar-refractivity contribution in [2.75, 3.05) is 0 Å². The minimum absolute atomic E-state index is 0.0813. The van der Waals surface area contributed by atoms with Crippen LogP contribution < -0.4 is 4.87 Å². The minimum Gasteiger partial charge on any atom is -0.312 e. The Hall–Kier alpha value is -2.20. The van der Waals surface area contributed by atoms with Crippen molar-refractivity contribution in [3.63, 3.8) is 0 Å². The second kappa shape index (κ2) is 5.06. The highest BCUT2D eigenvalue weighted by Crippen LogP contribution is 2.30. The molecule has 1 unspecified atom stereocenters. The summed E-state index contributed by atoms with van der Waals surface area (Å²) in [5.74, 6) is 0.284. The number of carbonyl (C=O) groups excluding carboxylic acids is 1. The van der Waals surface area contributed by atoms with E-state index in [-0.39, 0.29) is 10.8 Å². The molecule has 3 nitrogen and oxygen atoms in total. The molecule has 1 heterocycles. The summed E-state index contributed by atoms with van der Waals surface area (Å²) in [7, 11) is 0. The monoisotopic (exact) mass is 283 g/mol. The van der Waals surface area contributed by atoms with Crippen molar-refractivity contribution in [2.45, 2.75) is 6.92 Å². The number of nitrogens with one attached hydrogen (secondary N) is 1. The quantitative estimate of drug-likeness (QED) is 0.860. The van der Waals surface area contributed by atoms with Crippen molar-refractivity contribution >= 4 is 33.4 Å². The van der Waals surface area contributed by atoms with Crippen LogP contribution in [-0.2, 0) is 4.79 Å². The largest absolute Gasteiger partial charge is 0.312 e. The van der Waals surface area contributed by atoms with E-state index in [1.807, 2.05) is 36.4 Å². The number of fused-ring (bicyclic) bond motifs is 1. The number of thiazole rings is 1. The van der Waals surface area contributed by atoms with Crippen molar-refractivity contribution in [1.82, 2.24) is 4.98 Å². The molecule has 100 valence electrons. The number of hydrogen-bond acceptors (Lipinski definition) is 3. The number of benzene rings is 1. The second-order valence-corrected chi connectivity index (χ2v) is 5.74. The zero-order valence-corrected chi connectivity index (χ0v) is 11.7.